The fourth-order valence-electron chi connectivity index (χ4n) is 2.41. The lowest BCUT2D eigenvalue weighted by Crippen LogP contribution is -2.14. The van der Waals surface area contributed by atoms with E-state index in [9.17, 15) is 14.4 Å². The molecule has 0 N–H and O–H groups in total. The highest BCUT2D eigenvalue weighted by Crippen LogP contribution is 2.43. The number of halogens is 1. The van der Waals surface area contributed by atoms with E-state index in [1.54, 1.807) is 38.1 Å². The third kappa shape index (κ3) is 4.06. The Kier molecular flexibility index (Phi) is 6.78. The van der Waals surface area contributed by atoms with Crippen molar-refractivity contribution in [2.24, 2.45) is 0 Å². The smallest absolute Gasteiger partial charge is 0.462 e. The Bertz CT molecular complexity index is 760. The summed E-state index contributed by atoms with van der Waals surface area (Å²) in [6, 6.07) is 6.86. The number of methoxy groups -OCH3 is 1. The first-order valence-corrected chi connectivity index (χ1v) is 8.87. The zero-order valence-electron chi connectivity index (χ0n) is 14.5. The molecule has 0 saturated heterocycles. The van der Waals surface area contributed by atoms with Crippen molar-refractivity contribution in [1.82, 2.24) is 0 Å². The summed E-state index contributed by atoms with van der Waals surface area (Å²) in [7, 11) is 1.13. The number of carbonyl (C=O) groups is 3. The molecule has 0 spiro atoms. The molecule has 0 unspecified atom stereocenters. The van der Waals surface area contributed by atoms with Gasteiger partial charge < -0.3 is 18.9 Å². The van der Waals surface area contributed by atoms with Crippen LogP contribution in [0, 0.1) is 3.57 Å². The van der Waals surface area contributed by atoms with Crippen LogP contribution in [0.25, 0.3) is 11.1 Å². The van der Waals surface area contributed by atoms with E-state index >= 15 is 0 Å². The minimum Gasteiger partial charge on any atom is -0.462 e. The van der Waals surface area contributed by atoms with Gasteiger partial charge in [0.25, 0.3) is 0 Å². The zero-order valence-corrected chi connectivity index (χ0v) is 16.6. The highest BCUT2D eigenvalue weighted by atomic mass is 127. The summed E-state index contributed by atoms with van der Waals surface area (Å²) in [5.74, 6) is -1.66. The average molecular weight is 472 g/mol. The molecule has 8 heteroatoms. The van der Waals surface area contributed by atoms with Crippen LogP contribution < -0.4 is 4.74 Å². The van der Waals surface area contributed by atoms with Gasteiger partial charge in [0.05, 0.1) is 20.3 Å². The SMILES string of the molecule is CCOC(=O)c1c2ccc(I)ccc-2c(C(=O)OCC)c1OC(=O)OC. The van der Waals surface area contributed by atoms with Crippen molar-refractivity contribution in [1.29, 1.82) is 0 Å². The van der Waals surface area contributed by atoms with Crippen LogP contribution in [0.2, 0.25) is 0 Å². The molecule has 0 bridgehead atoms. The summed E-state index contributed by atoms with van der Waals surface area (Å²) in [5, 5.41) is 0. The number of hydrogen-bond donors (Lipinski definition) is 0. The van der Waals surface area contributed by atoms with Gasteiger partial charge in [-0.15, -0.1) is 0 Å². The number of ether oxygens (including phenoxy) is 4. The van der Waals surface area contributed by atoms with E-state index in [1.807, 2.05) is 0 Å². The second kappa shape index (κ2) is 8.84. The van der Waals surface area contributed by atoms with Crippen molar-refractivity contribution >= 4 is 40.7 Å². The van der Waals surface area contributed by atoms with Crippen LogP contribution in [0.3, 0.4) is 0 Å². The highest BCUT2D eigenvalue weighted by Gasteiger charge is 2.35. The molecule has 0 heterocycles. The predicted molar refractivity (Wildman–Crippen MR) is 101 cm³/mol. The van der Waals surface area contributed by atoms with Crippen LogP contribution in [0.1, 0.15) is 34.6 Å². The van der Waals surface area contributed by atoms with E-state index in [-0.39, 0.29) is 30.1 Å². The lowest BCUT2D eigenvalue weighted by atomic mass is 10.1. The number of esters is 2. The van der Waals surface area contributed by atoms with Gasteiger partial charge in [0.1, 0.15) is 11.1 Å². The minimum absolute atomic E-state index is 0.0256. The standard InChI is InChI=1S/C18H17IO7/c1-4-24-16(20)13-11-8-6-10(19)7-9-12(11)14(17(21)25-5-2)15(13)26-18(22)23-3/h6-9H,4-5H2,1-3H3. The van der Waals surface area contributed by atoms with Gasteiger partial charge in [-0.3, -0.25) is 0 Å². The molecule has 0 amide bonds. The van der Waals surface area contributed by atoms with E-state index in [2.05, 4.69) is 27.3 Å². The Hall–Kier alpha value is -2.36. The molecule has 2 aliphatic carbocycles. The Labute approximate surface area is 164 Å². The van der Waals surface area contributed by atoms with Gasteiger partial charge in [0.2, 0.25) is 0 Å². The Balaban J connectivity index is 2.83. The van der Waals surface area contributed by atoms with Crippen LogP contribution in [-0.2, 0) is 14.2 Å². The second-order valence-electron chi connectivity index (χ2n) is 4.96. The molecule has 0 atom stereocenters. The maximum absolute atomic E-state index is 12.5. The number of hydrogen-bond acceptors (Lipinski definition) is 7. The Morgan fingerprint density at radius 1 is 0.885 bits per heavy atom. The van der Waals surface area contributed by atoms with E-state index in [0.717, 1.165) is 10.7 Å². The first-order chi connectivity index (χ1) is 12.4. The largest absolute Gasteiger partial charge is 0.513 e. The number of carbonyl (C=O) groups excluding carboxylic acids is 3. The quantitative estimate of drug-likeness (QED) is 0.371. The van der Waals surface area contributed by atoms with E-state index < -0.39 is 18.1 Å². The van der Waals surface area contributed by atoms with Gasteiger partial charge in [0, 0.05) is 14.7 Å². The fraction of sp³-hybridized carbons (Fsp3) is 0.278. The summed E-state index contributed by atoms with van der Waals surface area (Å²) < 4.78 is 20.7. The van der Waals surface area contributed by atoms with Gasteiger partial charge >= 0.3 is 18.1 Å². The summed E-state index contributed by atoms with van der Waals surface area (Å²) in [6.07, 6.45) is -1.06. The molecular formula is C18H17IO7. The van der Waals surface area contributed by atoms with E-state index in [4.69, 9.17) is 14.2 Å². The van der Waals surface area contributed by atoms with Crippen molar-refractivity contribution in [3.8, 4) is 16.9 Å². The monoisotopic (exact) mass is 472 g/mol. The summed E-state index contributed by atoms with van der Waals surface area (Å²) in [4.78, 5) is 36.7. The molecule has 0 aromatic carbocycles. The number of rotatable bonds is 5. The van der Waals surface area contributed by atoms with Crippen molar-refractivity contribution in [3.05, 3.63) is 39.0 Å². The maximum Gasteiger partial charge on any atom is 0.513 e. The third-order valence-corrected chi connectivity index (χ3v) is 4.13. The first kappa shape index (κ1) is 20.0. The van der Waals surface area contributed by atoms with Crippen LogP contribution in [0.4, 0.5) is 4.79 Å². The van der Waals surface area contributed by atoms with E-state index in [1.165, 1.54) is 0 Å². The van der Waals surface area contributed by atoms with Crippen molar-refractivity contribution < 1.29 is 33.3 Å². The topological polar surface area (TPSA) is 88.1 Å². The van der Waals surface area contributed by atoms with Crippen molar-refractivity contribution in [3.63, 3.8) is 0 Å². The fourth-order valence-corrected chi connectivity index (χ4v) is 2.77. The van der Waals surface area contributed by atoms with Gasteiger partial charge in [0.15, 0.2) is 5.75 Å². The zero-order chi connectivity index (χ0) is 19.3. The molecule has 0 fully saturated rings. The first-order valence-electron chi connectivity index (χ1n) is 7.79. The van der Waals surface area contributed by atoms with Crippen LogP contribution >= 0.6 is 22.6 Å². The van der Waals surface area contributed by atoms with Crippen molar-refractivity contribution in [2.75, 3.05) is 20.3 Å². The molecule has 0 aliphatic heterocycles. The van der Waals surface area contributed by atoms with Gasteiger partial charge in [-0.1, -0.05) is 12.1 Å². The lowest BCUT2D eigenvalue weighted by Gasteiger charge is -2.07. The van der Waals surface area contributed by atoms with Gasteiger partial charge in [-0.2, -0.15) is 0 Å². The molecular weight excluding hydrogens is 455 g/mol. The highest BCUT2D eigenvalue weighted by molar-refractivity contribution is 14.1. The average Bonchev–Trinajstić information content (AvgIpc) is 2.79. The Morgan fingerprint density at radius 3 is 1.73 bits per heavy atom. The maximum atomic E-state index is 12.5. The summed E-state index contributed by atoms with van der Waals surface area (Å²) in [6.45, 7) is 3.54. The number of fused-ring (bicyclic) bond motifs is 1. The molecule has 0 aromatic rings. The molecule has 0 aromatic heterocycles. The normalized spacial score (nSPS) is 10.3. The summed E-state index contributed by atoms with van der Waals surface area (Å²) in [5.41, 5.74) is 0.770. The van der Waals surface area contributed by atoms with Crippen LogP contribution in [0.15, 0.2) is 24.3 Å². The van der Waals surface area contributed by atoms with Gasteiger partial charge in [-0.25, -0.2) is 14.4 Å². The van der Waals surface area contributed by atoms with Gasteiger partial charge in [-0.05, 0) is 48.6 Å². The molecule has 0 radical (unpaired) electrons. The molecule has 7 nitrogen and oxygen atoms in total. The molecule has 2 rings (SSSR count). The second-order valence-corrected chi connectivity index (χ2v) is 6.20. The minimum atomic E-state index is -1.06. The van der Waals surface area contributed by atoms with E-state index in [0.29, 0.717) is 11.1 Å². The molecule has 2 aliphatic rings. The molecule has 0 saturated carbocycles. The molecule has 26 heavy (non-hydrogen) atoms. The van der Waals surface area contributed by atoms with Crippen LogP contribution in [-0.4, -0.2) is 38.4 Å². The van der Waals surface area contributed by atoms with Crippen LogP contribution in [0.5, 0.6) is 5.75 Å². The van der Waals surface area contributed by atoms with Crippen molar-refractivity contribution in [2.45, 2.75) is 13.8 Å². The molecule has 138 valence electrons. The third-order valence-electron chi connectivity index (χ3n) is 3.41. The summed E-state index contributed by atoms with van der Waals surface area (Å²) >= 11 is 2.11. The lowest BCUT2D eigenvalue weighted by molar-refractivity contribution is 0.0521. The predicted octanol–water partition coefficient (Wildman–Crippen LogP) is 3.89. The Morgan fingerprint density at radius 2 is 1.35 bits per heavy atom.